The lowest BCUT2D eigenvalue weighted by Crippen LogP contribution is -2.44. The van der Waals surface area contributed by atoms with Crippen molar-refractivity contribution in [1.29, 1.82) is 0 Å². The molecule has 0 spiro atoms. The Labute approximate surface area is 120 Å². The summed E-state index contributed by atoms with van der Waals surface area (Å²) in [5, 5.41) is 0. The van der Waals surface area contributed by atoms with Crippen LogP contribution in [0.1, 0.15) is 19.8 Å². The van der Waals surface area contributed by atoms with Gasteiger partial charge >= 0.3 is 0 Å². The number of hydrogen-bond acceptors (Lipinski definition) is 3. The standard InChI is InChI=1S/C13H14F3NO3S/c1-2-8-7-17(4-3-12(8)18)21(19,20)13-10(15)5-9(14)6-11(13)16/h5-6,8H,2-4,7H2,1H3. The first-order valence-corrected chi connectivity index (χ1v) is 7.88. The summed E-state index contributed by atoms with van der Waals surface area (Å²) < 4.78 is 65.7. The van der Waals surface area contributed by atoms with Crippen molar-refractivity contribution in [3.05, 3.63) is 29.6 Å². The summed E-state index contributed by atoms with van der Waals surface area (Å²) in [6.45, 7) is 1.49. The first-order valence-electron chi connectivity index (χ1n) is 6.44. The number of halogens is 3. The third-order valence-electron chi connectivity index (χ3n) is 3.54. The predicted octanol–water partition coefficient (Wildman–Crippen LogP) is 2.09. The summed E-state index contributed by atoms with van der Waals surface area (Å²) in [4.78, 5) is 10.4. The van der Waals surface area contributed by atoms with Crippen molar-refractivity contribution < 1.29 is 26.4 Å². The van der Waals surface area contributed by atoms with E-state index in [-0.39, 0.29) is 25.3 Å². The van der Waals surface area contributed by atoms with Crippen molar-refractivity contribution in [2.24, 2.45) is 5.92 Å². The zero-order valence-electron chi connectivity index (χ0n) is 11.3. The molecule has 21 heavy (non-hydrogen) atoms. The van der Waals surface area contributed by atoms with Gasteiger partial charge in [-0.3, -0.25) is 4.79 Å². The number of nitrogens with zero attached hydrogens (tertiary/aromatic N) is 1. The molecule has 1 aliphatic rings. The summed E-state index contributed by atoms with van der Waals surface area (Å²) in [5.41, 5.74) is 0. The Hall–Kier alpha value is -1.41. The summed E-state index contributed by atoms with van der Waals surface area (Å²) in [7, 11) is -4.44. The second-order valence-corrected chi connectivity index (χ2v) is 6.76. The maximum absolute atomic E-state index is 13.7. The molecular weight excluding hydrogens is 307 g/mol. The molecule has 1 fully saturated rings. The molecule has 1 aliphatic heterocycles. The number of Topliss-reactive ketones (excluding diaryl/α,β-unsaturated/α-hetero) is 1. The molecule has 0 N–H and O–H groups in total. The van der Waals surface area contributed by atoms with Crippen molar-refractivity contribution in [3.63, 3.8) is 0 Å². The van der Waals surface area contributed by atoms with Gasteiger partial charge in [-0.2, -0.15) is 4.31 Å². The van der Waals surface area contributed by atoms with Gasteiger partial charge in [-0.05, 0) is 6.42 Å². The number of piperidine rings is 1. The topological polar surface area (TPSA) is 54.5 Å². The van der Waals surface area contributed by atoms with Crippen LogP contribution >= 0.6 is 0 Å². The highest BCUT2D eigenvalue weighted by atomic mass is 32.2. The number of sulfonamides is 1. The van der Waals surface area contributed by atoms with E-state index in [0.717, 1.165) is 4.31 Å². The smallest absolute Gasteiger partial charge is 0.248 e. The highest BCUT2D eigenvalue weighted by molar-refractivity contribution is 7.89. The number of benzene rings is 1. The molecule has 0 radical (unpaired) electrons. The predicted molar refractivity (Wildman–Crippen MR) is 68.5 cm³/mol. The highest BCUT2D eigenvalue weighted by Crippen LogP contribution is 2.27. The third-order valence-corrected chi connectivity index (χ3v) is 5.46. The quantitative estimate of drug-likeness (QED) is 0.857. The molecule has 116 valence electrons. The van der Waals surface area contributed by atoms with Gasteiger partial charge in [-0.25, -0.2) is 21.6 Å². The monoisotopic (exact) mass is 321 g/mol. The normalized spacial score (nSPS) is 20.8. The van der Waals surface area contributed by atoms with Crippen LogP contribution in [-0.2, 0) is 14.8 Å². The van der Waals surface area contributed by atoms with E-state index in [2.05, 4.69) is 0 Å². The molecule has 8 heteroatoms. The molecule has 4 nitrogen and oxygen atoms in total. The van der Waals surface area contributed by atoms with E-state index in [0.29, 0.717) is 18.6 Å². The molecule has 1 aromatic rings. The van der Waals surface area contributed by atoms with Crippen molar-refractivity contribution >= 4 is 15.8 Å². The van der Waals surface area contributed by atoms with Crippen molar-refractivity contribution in [2.75, 3.05) is 13.1 Å². The molecule has 1 heterocycles. The van der Waals surface area contributed by atoms with Crippen LogP contribution in [0.5, 0.6) is 0 Å². The molecule has 2 rings (SSSR count). The highest BCUT2D eigenvalue weighted by Gasteiger charge is 2.36. The SMILES string of the molecule is CCC1CN(S(=O)(=O)c2c(F)cc(F)cc2F)CCC1=O. The number of carbonyl (C=O) groups is 1. The summed E-state index contributed by atoms with van der Waals surface area (Å²) in [6, 6.07) is 0.644. The second-order valence-electron chi connectivity index (χ2n) is 4.88. The molecule has 1 atom stereocenters. The van der Waals surface area contributed by atoms with Gasteiger partial charge in [0.15, 0.2) is 4.90 Å². The minimum Gasteiger partial charge on any atom is -0.299 e. The average molecular weight is 321 g/mol. The van der Waals surface area contributed by atoms with Crippen LogP contribution in [0.2, 0.25) is 0 Å². The Bertz CT molecular complexity index is 652. The maximum atomic E-state index is 13.7. The fraction of sp³-hybridized carbons (Fsp3) is 0.462. The van der Waals surface area contributed by atoms with Crippen molar-refractivity contribution in [3.8, 4) is 0 Å². The fourth-order valence-electron chi connectivity index (χ4n) is 2.36. The lowest BCUT2D eigenvalue weighted by molar-refractivity contribution is -0.125. The van der Waals surface area contributed by atoms with Gasteiger partial charge < -0.3 is 0 Å². The molecule has 1 unspecified atom stereocenters. The number of rotatable bonds is 3. The van der Waals surface area contributed by atoms with E-state index >= 15 is 0 Å². The third kappa shape index (κ3) is 2.96. The summed E-state index contributed by atoms with van der Waals surface area (Å²) in [5.74, 6) is -4.69. The lowest BCUT2D eigenvalue weighted by Gasteiger charge is -2.30. The van der Waals surface area contributed by atoms with Crippen LogP contribution in [0, 0.1) is 23.4 Å². The fourth-order valence-corrected chi connectivity index (χ4v) is 3.93. The van der Waals surface area contributed by atoms with Crippen LogP contribution in [-0.4, -0.2) is 31.6 Å². The molecule has 0 aliphatic carbocycles. The summed E-state index contributed by atoms with van der Waals surface area (Å²) >= 11 is 0. The lowest BCUT2D eigenvalue weighted by atomic mass is 9.96. The Balaban J connectivity index is 2.41. The van der Waals surface area contributed by atoms with Crippen LogP contribution in [0.3, 0.4) is 0 Å². The van der Waals surface area contributed by atoms with Gasteiger partial charge in [0.05, 0.1) is 0 Å². The van der Waals surface area contributed by atoms with Crippen molar-refractivity contribution in [1.82, 2.24) is 4.31 Å². The van der Waals surface area contributed by atoms with Crippen LogP contribution in [0.4, 0.5) is 13.2 Å². The van der Waals surface area contributed by atoms with Crippen LogP contribution in [0.15, 0.2) is 17.0 Å². The molecule has 0 aromatic heterocycles. The van der Waals surface area contributed by atoms with E-state index in [1.165, 1.54) is 0 Å². The molecule has 1 aromatic carbocycles. The van der Waals surface area contributed by atoms with Gasteiger partial charge in [0.2, 0.25) is 10.0 Å². The van der Waals surface area contributed by atoms with Crippen LogP contribution in [0.25, 0.3) is 0 Å². The Morgan fingerprint density at radius 3 is 2.33 bits per heavy atom. The zero-order valence-corrected chi connectivity index (χ0v) is 12.1. The number of carbonyl (C=O) groups excluding carboxylic acids is 1. The van der Waals surface area contributed by atoms with Gasteiger partial charge in [-0.1, -0.05) is 6.92 Å². The van der Waals surface area contributed by atoms with E-state index in [1.807, 2.05) is 0 Å². The van der Waals surface area contributed by atoms with E-state index < -0.39 is 38.3 Å². The first-order chi connectivity index (χ1) is 9.77. The largest absolute Gasteiger partial charge is 0.299 e. The van der Waals surface area contributed by atoms with Gasteiger partial charge in [0, 0.05) is 37.6 Å². The Morgan fingerprint density at radius 1 is 1.24 bits per heavy atom. The summed E-state index contributed by atoms with van der Waals surface area (Å²) in [6.07, 6.45) is 0.446. The zero-order chi connectivity index (χ0) is 15.8. The maximum Gasteiger partial charge on any atom is 0.248 e. The number of ketones is 1. The van der Waals surface area contributed by atoms with Gasteiger partial charge in [0.1, 0.15) is 23.2 Å². The first kappa shape index (κ1) is 16.0. The van der Waals surface area contributed by atoms with Crippen LogP contribution < -0.4 is 0 Å². The molecular formula is C13H14F3NO3S. The van der Waals surface area contributed by atoms with Gasteiger partial charge in [0.25, 0.3) is 0 Å². The Morgan fingerprint density at radius 2 is 1.81 bits per heavy atom. The molecule has 1 saturated heterocycles. The minimum absolute atomic E-state index is 0.00215. The van der Waals surface area contributed by atoms with E-state index in [9.17, 15) is 26.4 Å². The average Bonchev–Trinajstić information content (AvgIpc) is 2.37. The number of hydrogen-bond donors (Lipinski definition) is 0. The molecule has 0 bridgehead atoms. The van der Waals surface area contributed by atoms with E-state index in [1.54, 1.807) is 6.92 Å². The van der Waals surface area contributed by atoms with Crippen molar-refractivity contribution in [2.45, 2.75) is 24.7 Å². The van der Waals surface area contributed by atoms with Gasteiger partial charge in [-0.15, -0.1) is 0 Å². The molecule has 0 saturated carbocycles. The van der Waals surface area contributed by atoms with E-state index in [4.69, 9.17) is 0 Å². The molecule has 0 amide bonds. The minimum atomic E-state index is -4.44. The second kappa shape index (κ2) is 5.76. The Kier molecular flexibility index (Phi) is 4.38.